The van der Waals surface area contributed by atoms with Crippen LogP contribution in [0.15, 0.2) is 41.9 Å². The maximum absolute atomic E-state index is 14.2. The second kappa shape index (κ2) is 22.7. The second-order valence-corrected chi connectivity index (χ2v) is 16.1. The standard InChI is InChI=1S/C41H65N7O7S/c1-11-27(4)37(47(8)35(51)25-44-40(53)36(26(2)3)46(7)34(50)24-42-6)32(54-9)23-33(49)48-20-15-18-31(48)38(55-10)28(5)39(52)45-30(41-43-19-21-56-41)22-29-16-13-12-14-17-29/h12-14,16-17,19,21,26-28,30-32,36-38,42H,11,15,18,20,22-25H2,1-10H3,(H,44,53)(H,45,52)/t27-,28+,30-,31-,32+,36?,37?,38+/m0/s1. The molecule has 3 N–H and O–H groups in total. The van der Waals surface area contributed by atoms with E-state index in [1.165, 1.54) is 16.2 Å². The first-order valence-electron chi connectivity index (χ1n) is 19.7. The molecule has 3 rings (SSSR count). The molecule has 1 aliphatic heterocycles. The number of aromatic nitrogens is 1. The Hall–Kier alpha value is -3.92. The number of likely N-dealkylation sites (N-methyl/N-ethyl adjacent to an activating group) is 3. The van der Waals surface area contributed by atoms with Crippen molar-refractivity contribution in [1.29, 1.82) is 0 Å². The first-order valence-corrected chi connectivity index (χ1v) is 20.6. The number of carbonyl (C=O) groups excluding carboxylic acids is 5. The fourth-order valence-corrected chi connectivity index (χ4v) is 8.52. The van der Waals surface area contributed by atoms with Gasteiger partial charge in [-0.25, -0.2) is 4.98 Å². The van der Waals surface area contributed by atoms with Crippen LogP contribution in [-0.2, 0) is 39.9 Å². The molecule has 14 nitrogen and oxygen atoms in total. The molecule has 0 aliphatic carbocycles. The van der Waals surface area contributed by atoms with Gasteiger partial charge in [-0.15, -0.1) is 11.3 Å². The fourth-order valence-electron chi connectivity index (χ4n) is 7.83. The van der Waals surface area contributed by atoms with E-state index in [0.29, 0.717) is 25.8 Å². The highest BCUT2D eigenvalue weighted by molar-refractivity contribution is 7.09. The Morgan fingerprint density at radius 1 is 0.964 bits per heavy atom. The second-order valence-electron chi connectivity index (χ2n) is 15.2. The minimum atomic E-state index is -0.754. The summed E-state index contributed by atoms with van der Waals surface area (Å²) in [5.74, 6) is -2.12. The maximum atomic E-state index is 14.2. The molecular formula is C41H65N7O7S. The molecule has 0 spiro atoms. The summed E-state index contributed by atoms with van der Waals surface area (Å²) in [5.41, 5.74) is 1.08. The number of hydrogen-bond donors (Lipinski definition) is 3. The zero-order chi connectivity index (χ0) is 41.5. The van der Waals surface area contributed by atoms with Gasteiger partial charge in [0.15, 0.2) is 0 Å². The van der Waals surface area contributed by atoms with Crippen LogP contribution in [0.3, 0.4) is 0 Å². The van der Waals surface area contributed by atoms with Gasteiger partial charge in [-0.2, -0.15) is 0 Å². The molecule has 2 unspecified atom stereocenters. The van der Waals surface area contributed by atoms with Gasteiger partial charge in [-0.1, -0.05) is 71.4 Å². The lowest BCUT2D eigenvalue weighted by Crippen LogP contribution is -2.56. The van der Waals surface area contributed by atoms with Crippen LogP contribution in [0, 0.1) is 17.8 Å². The van der Waals surface area contributed by atoms with Gasteiger partial charge < -0.3 is 40.1 Å². The van der Waals surface area contributed by atoms with Gasteiger partial charge in [0.2, 0.25) is 29.5 Å². The molecular weight excluding hydrogens is 735 g/mol. The molecule has 8 atom stereocenters. The van der Waals surface area contributed by atoms with Crippen LogP contribution in [0.1, 0.15) is 76.9 Å². The van der Waals surface area contributed by atoms with Crippen LogP contribution in [0.25, 0.3) is 0 Å². The Morgan fingerprint density at radius 3 is 2.21 bits per heavy atom. The van der Waals surface area contributed by atoms with Crippen LogP contribution in [-0.4, -0.2) is 135 Å². The quantitative estimate of drug-likeness (QED) is 0.162. The molecule has 1 fully saturated rings. The average molecular weight is 800 g/mol. The van der Waals surface area contributed by atoms with E-state index in [1.54, 1.807) is 51.4 Å². The molecule has 56 heavy (non-hydrogen) atoms. The first-order chi connectivity index (χ1) is 26.7. The third kappa shape index (κ3) is 12.3. The highest BCUT2D eigenvalue weighted by Gasteiger charge is 2.42. The summed E-state index contributed by atoms with van der Waals surface area (Å²) in [6.45, 7) is 9.89. The van der Waals surface area contributed by atoms with Gasteiger partial charge in [0, 0.05) is 46.4 Å². The molecule has 5 amide bonds. The van der Waals surface area contributed by atoms with E-state index in [4.69, 9.17) is 9.47 Å². The number of nitrogens with zero attached hydrogens (tertiary/aromatic N) is 4. The number of carbonyl (C=O) groups is 5. The van der Waals surface area contributed by atoms with Crippen molar-refractivity contribution in [1.82, 2.24) is 35.6 Å². The predicted molar refractivity (Wildman–Crippen MR) is 218 cm³/mol. The minimum absolute atomic E-state index is 0.0139. The normalized spacial score (nSPS) is 18.0. The molecule has 1 aromatic heterocycles. The summed E-state index contributed by atoms with van der Waals surface area (Å²) < 4.78 is 12.0. The fraction of sp³-hybridized carbons (Fsp3) is 0.659. The van der Waals surface area contributed by atoms with Gasteiger partial charge in [0.05, 0.1) is 55.8 Å². The summed E-state index contributed by atoms with van der Waals surface area (Å²) in [6.07, 6.45) is 3.29. The summed E-state index contributed by atoms with van der Waals surface area (Å²) in [6, 6.07) is 8.09. The minimum Gasteiger partial charge on any atom is -0.379 e. The highest BCUT2D eigenvalue weighted by atomic mass is 32.1. The van der Waals surface area contributed by atoms with Crippen molar-refractivity contribution in [2.75, 3.05) is 55.0 Å². The van der Waals surface area contributed by atoms with Gasteiger partial charge in [-0.3, -0.25) is 24.0 Å². The van der Waals surface area contributed by atoms with Gasteiger partial charge in [0.1, 0.15) is 11.0 Å². The van der Waals surface area contributed by atoms with E-state index in [9.17, 15) is 24.0 Å². The topological polar surface area (TPSA) is 163 Å². The summed E-state index contributed by atoms with van der Waals surface area (Å²) in [7, 11) is 8.03. The zero-order valence-electron chi connectivity index (χ0n) is 34.9. The highest BCUT2D eigenvalue weighted by Crippen LogP contribution is 2.30. The Balaban J connectivity index is 1.72. The van der Waals surface area contributed by atoms with E-state index in [0.717, 1.165) is 17.0 Å². The molecule has 2 aromatic rings. The van der Waals surface area contributed by atoms with Crippen LogP contribution >= 0.6 is 11.3 Å². The van der Waals surface area contributed by atoms with Gasteiger partial charge in [-0.05, 0) is 43.7 Å². The third-order valence-corrected chi connectivity index (χ3v) is 12.0. The summed E-state index contributed by atoms with van der Waals surface area (Å²) >= 11 is 1.49. The maximum Gasteiger partial charge on any atom is 0.243 e. The van der Waals surface area contributed by atoms with E-state index in [1.807, 2.05) is 70.3 Å². The smallest absolute Gasteiger partial charge is 0.243 e. The number of rotatable bonds is 22. The van der Waals surface area contributed by atoms with Crippen LogP contribution in [0.4, 0.5) is 0 Å². The largest absolute Gasteiger partial charge is 0.379 e. The molecule has 1 saturated heterocycles. The number of hydrogen-bond acceptors (Lipinski definition) is 10. The number of likely N-dealkylation sites (tertiary alicyclic amines) is 1. The number of benzene rings is 1. The molecule has 0 saturated carbocycles. The van der Waals surface area contributed by atoms with Crippen molar-refractivity contribution in [3.8, 4) is 0 Å². The first kappa shape index (κ1) is 46.5. The van der Waals surface area contributed by atoms with Gasteiger partial charge >= 0.3 is 0 Å². The molecule has 0 radical (unpaired) electrons. The number of thiazole rings is 1. The van der Waals surface area contributed by atoms with E-state index < -0.39 is 36.1 Å². The Bertz CT molecular complexity index is 1550. The van der Waals surface area contributed by atoms with Crippen molar-refractivity contribution in [2.45, 2.75) is 103 Å². The van der Waals surface area contributed by atoms with Crippen molar-refractivity contribution in [3.05, 3.63) is 52.5 Å². The lowest BCUT2D eigenvalue weighted by atomic mass is 9.90. The van der Waals surface area contributed by atoms with Gasteiger partial charge in [0.25, 0.3) is 0 Å². The van der Waals surface area contributed by atoms with Crippen molar-refractivity contribution < 1.29 is 33.4 Å². The molecule has 0 bridgehead atoms. The van der Waals surface area contributed by atoms with Crippen molar-refractivity contribution in [3.63, 3.8) is 0 Å². The number of methoxy groups -OCH3 is 2. The molecule has 1 aromatic carbocycles. The molecule has 312 valence electrons. The summed E-state index contributed by atoms with van der Waals surface area (Å²) in [5, 5.41) is 11.5. The number of amides is 5. The molecule has 2 heterocycles. The molecule has 15 heteroatoms. The van der Waals surface area contributed by atoms with Crippen LogP contribution in [0.2, 0.25) is 0 Å². The monoisotopic (exact) mass is 799 g/mol. The summed E-state index contributed by atoms with van der Waals surface area (Å²) in [4.78, 5) is 76.8. The lowest BCUT2D eigenvalue weighted by Gasteiger charge is -2.39. The van der Waals surface area contributed by atoms with E-state index in [-0.39, 0.29) is 67.1 Å². The Morgan fingerprint density at radius 2 is 1.64 bits per heavy atom. The van der Waals surface area contributed by atoms with E-state index in [2.05, 4.69) is 20.9 Å². The predicted octanol–water partition coefficient (Wildman–Crippen LogP) is 3.28. The Kier molecular flexibility index (Phi) is 18.9. The van der Waals surface area contributed by atoms with Crippen LogP contribution in [0.5, 0.6) is 0 Å². The third-order valence-electron chi connectivity index (χ3n) is 11.1. The zero-order valence-corrected chi connectivity index (χ0v) is 35.8. The molecule has 1 aliphatic rings. The number of nitrogens with one attached hydrogen (secondary N) is 3. The van der Waals surface area contributed by atoms with Crippen molar-refractivity contribution >= 4 is 40.9 Å². The SMILES string of the molecule is CC[C@H](C)C([C@@H](CC(=O)N1CCC[C@H]1[C@H](OC)[C@@H](C)C(=O)N[C@@H](Cc1ccccc1)c1nccs1)OC)N(C)C(=O)CNC(=O)C(C(C)C)N(C)C(=O)CNC. The number of ether oxygens (including phenoxy) is 2. The van der Waals surface area contributed by atoms with Crippen molar-refractivity contribution in [2.24, 2.45) is 17.8 Å². The van der Waals surface area contributed by atoms with Crippen LogP contribution < -0.4 is 16.0 Å². The lowest BCUT2D eigenvalue weighted by molar-refractivity contribution is -0.146. The Labute approximate surface area is 337 Å². The van der Waals surface area contributed by atoms with E-state index >= 15 is 0 Å². The average Bonchev–Trinajstić information content (AvgIpc) is 3.90.